The van der Waals surface area contributed by atoms with Crippen LogP contribution in [0.15, 0.2) is 0 Å². The maximum atomic E-state index is 5.77. The Kier molecular flexibility index (Phi) is 7.25. The Bertz CT molecular complexity index is 179. The van der Waals surface area contributed by atoms with Gasteiger partial charge in [-0.25, -0.2) is 0 Å². The molecule has 0 aromatic carbocycles. The van der Waals surface area contributed by atoms with E-state index < -0.39 is 8.80 Å². The standard InChI is InChI=1S/C11H24O5Si/c1-4-14-17(15-5-2,16-6-3)10-11-9-12-7-8-13-11/h11H,4-10H2,1-3H3. The van der Waals surface area contributed by atoms with Crippen molar-refractivity contribution in [3.63, 3.8) is 0 Å². The molecule has 0 spiro atoms. The Morgan fingerprint density at radius 2 is 1.59 bits per heavy atom. The molecule has 0 N–H and O–H groups in total. The summed E-state index contributed by atoms with van der Waals surface area (Å²) in [5, 5.41) is 0. The Morgan fingerprint density at radius 3 is 2.00 bits per heavy atom. The van der Waals surface area contributed by atoms with E-state index in [1.807, 2.05) is 20.8 Å². The molecule has 1 aliphatic heterocycles. The second-order valence-corrected chi connectivity index (χ2v) is 6.39. The summed E-state index contributed by atoms with van der Waals surface area (Å²) in [5.41, 5.74) is 0. The quantitative estimate of drug-likeness (QED) is 0.621. The van der Waals surface area contributed by atoms with Crippen LogP contribution in [0.3, 0.4) is 0 Å². The molecule has 6 heteroatoms. The number of ether oxygens (including phenoxy) is 2. The first-order valence-corrected chi connectivity index (χ1v) is 8.30. The van der Waals surface area contributed by atoms with Gasteiger partial charge in [0.25, 0.3) is 0 Å². The second kappa shape index (κ2) is 8.18. The lowest BCUT2D eigenvalue weighted by atomic mass is 10.4. The summed E-state index contributed by atoms with van der Waals surface area (Å²) in [6, 6.07) is 0.669. The summed E-state index contributed by atoms with van der Waals surface area (Å²) in [6.45, 7) is 9.57. The zero-order valence-electron chi connectivity index (χ0n) is 11.1. The van der Waals surface area contributed by atoms with Crippen molar-refractivity contribution in [1.29, 1.82) is 0 Å². The van der Waals surface area contributed by atoms with Crippen molar-refractivity contribution < 1.29 is 22.8 Å². The number of rotatable bonds is 8. The summed E-state index contributed by atoms with van der Waals surface area (Å²) < 4.78 is 28.4. The van der Waals surface area contributed by atoms with Crippen LogP contribution in [0, 0.1) is 0 Å². The predicted octanol–water partition coefficient (Wildman–Crippen LogP) is 1.45. The fourth-order valence-corrected chi connectivity index (χ4v) is 4.61. The zero-order valence-corrected chi connectivity index (χ0v) is 12.1. The van der Waals surface area contributed by atoms with Crippen LogP contribution in [-0.4, -0.2) is 54.5 Å². The number of hydrogen-bond acceptors (Lipinski definition) is 5. The third-order valence-corrected chi connectivity index (χ3v) is 5.60. The van der Waals surface area contributed by atoms with Crippen molar-refractivity contribution in [3.05, 3.63) is 0 Å². The van der Waals surface area contributed by atoms with Crippen LogP contribution in [-0.2, 0) is 22.8 Å². The van der Waals surface area contributed by atoms with Crippen LogP contribution in [0.5, 0.6) is 0 Å². The molecule has 1 heterocycles. The average molecular weight is 264 g/mol. The lowest BCUT2D eigenvalue weighted by molar-refractivity contribution is -0.0871. The van der Waals surface area contributed by atoms with Gasteiger partial charge in [-0.3, -0.25) is 0 Å². The minimum Gasteiger partial charge on any atom is -0.376 e. The smallest absolute Gasteiger partial charge is 0.376 e. The van der Waals surface area contributed by atoms with E-state index in [9.17, 15) is 0 Å². The van der Waals surface area contributed by atoms with E-state index in [-0.39, 0.29) is 6.10 Å². The molecule has 1 rings (SSSR count). The van der Waals surface area contributed by atoms with E-state index in [0.29, 0.717) is 45.7 Å². The molecule has 5 nitrogen and oxygen atoms in total. The van der Waals surface area contributed by atoms with E-state index in [4.69, 9.17) is 22.8 Å². The van der Waals surface area contributed by atoms with Crippen LogP contribution in [0.4, 0.5) is 0 Å². The van der Waals surface area contributed by atoms with Crippen LogP contribution in [0.1, 0.15) is 20.8 Å². The van der Waals surface area contributed by atoms with Crippen molar-refractivity contribution in [2.24, 2.45) is 0 Å². The first-order valence-electron chi connectivity index (χ1n) is 6.37. The first kappa shape index (κ1) is 15.1. The van der Waals surface area contributed by atoms with Gasteiger partial charge in [0, 0.05) is 25.9 Å². The van der Waals surface area contributed by atoms with Gasteiger partial charge in [0.2, 0.25) is 0 Å². The molecular weight excluding hydrogens is 240 g/mol. The van der Waals surface area contributed by atoms with Crippen molar-refractivity contribution in [2.45, 2.75) is 32.9 Å². The highest BCUT2D eigenvalue weighted by molar-refractivity contribution is 6.60. The summed E-state index contributed by atoms with van der Waals surface area (Å²) >= 11 is 0. The largest absolute Gasteiger partial charge is 0.503 e. The molecule has 1 fully saturated rings. The molecule has 1 aliphatic rings. The molecule has 0 bridgehead atoms. The molecule has 0 saturated carbocycles. The van der Waals surface area contributed by atoms with Crippen LogP contribution >= 0.6 is 0 Å². The van der Waals surface area contributed by atoms with Gasteiger partial charge < -0.3 is 22.8 Å². The van der Waals surface area contributed by atoms with Crippen LogP contribution in [0.25, 0.3) is 0 Å². The predicted molar refractivity (Wildman–Crippen MR) is 66.0 cm³/mol. The van der Waals surface area contributed by atoms with Gasteiger partial charge in [-0.05, 0) is 20.8 Å². The molecule has 0 aliphatic carbocycles. The molecule has 1 saturated heterocycles. The highest BCUT2D eigenvalue weighted by Gasteiger charge is 2.43. The van der Waals surface area contributed by atoms with Crippen LogP contribution in [0.2, 0.25) is 6.04 Å². The summed E-state index contributed by atoms with van der Waals surface area (Å²) in [6.07, 6.45) is 0.0278. The zero-order chi connectivity index (χ0) is 12.6. The summed E-state index contributed by atoms with van der Waals surface area (Å²) in [4.78, 5) is 0. The number of hydrogen-bond donors (Lipinski definition) is 0. The van der Waals surface area contributed by atoms with Gasteiger partial charge >= 0.3 is 8.80 Å². The van der Waals surface area contributed by atoms with Gasteiger partial charge in [0.1, 0.15) is 0 Å². The molecular formula is C11H24O5Si. The van der Waals surface area contributed by atoms with E-state index in [2.05, 4.69) is 0 Å². The van der Waals surface area contributed by atoms with Gasteiger partial charge in [-0.1, -0.05) is 0 Å². The maximum Gasteiger partial charge on any atom is 0.503 e. The van der Waals surface area contributed by atoms with Crippen molar-refractivity contribution in [2.75, 3.05) is 39.6 Å². The van der Waals surface area contributed by atoms with Gasteiger partial charge in [0.05, 0.1) is 25.9 Å². The third kappa shape index (κ3) is 5.03. The average Bonchev–Trinajstić information content (AvgIpc) is 2.31. The molecule has 0 radical (unpaired) electrons. The molecule has 0 aromatic heterocycles. The van der Waals surface area contributed by atoms with E-state index in [1.165, 1.54) is 0 Å². The molecule has 1 unspecified atom stereocenters. The highest BCUT2D eigenvalue weighted by Crippen LogP contribution is 2.21. The topological polar surface area (TPSA) is 46.2 Å². The lowest BCUT2D eigenvalue weighted by Crippen LogP contribution is -2.50. The second-order valence-electron chi connectivity index (χ2n) is 3.75. The SMILES string of the molecule is CCO[Si](CC1COCCO1)(OCC)OCC. The lowest BCUT2D eigenvalue weighted by Gasteiger charge is -2.32. The minimum atomic E-state index is -2.59. The fraction of sp³-hybridized carbons (Fsp3) is 1.00. The van der Waals surface area contributed by atoms with Gasteiger partial charge in [-0.2, -0.15) is 0 Å². The van der Waals surface area contributed by atoms with Gasteiger partial charge in [-0.15, -0.1) is 0 Å². The Balaban J connectivity index is 2.57. The molecule has 0 amide bonds. The van der Waals surface area contributed by atoms with Crippen LogP contribution < -0.4 is 0 Å². The summed E-state index contributed by atoms with van der Waals surface area (Å²) in [7, 11) is -2.59. The minimum absolute atomic E-state index is 0.0278. The van der Waals surface area contributed by atoms with Crippen molar-refractivity contribution in [3.8, 4) is 0 Å². The van der Waals surface area contributed by atoms with Crippen molar-refractivity contribution in [1.82, 2.24) is 0 Å². The van der Waals surface area contributed by atoms with E-state index >= 15 is 0 Å². The van der Waals surface area contributed by atoms with Gasteiger partial charge in [0.15, 0.2) is 0 Å². The molecule has 102 valence electrons. The third-order valence-electron chi connectivity index (χ3n) is 2.46. The monoisotopic (exact) mass is 264 g/mol. The van der Waals surface area contributed by atoms with Crippen molar-refractivity contribution >= 4 is 8.80 Å². The Morgan fingerprint density at radius 1 is 1.00 bits per heavy atom. The normalized spacial score (nSPS) is 21.7. The summed E-state index contributed by atoms with van der Waals surface area (Å²) in [5.74, 6) is 0. The molecule has 17 heavy (non-hydrogen) atoms. The van der Waals surface area contributed by atoms with E-state index in [0.717, 1.165) is 0 Å². The Labute approximate surface area is 105 Å². The Hall–Kier alpha value is 0.0169. The molecule has 1 atom stereocenters. The maximum absolute atomic E-state index is 5.77. The first-order chi connectivity index (χ1) is 8.26. The van der Waals surface area contributed by atoms with E-state index in [1.54, 1.807) is 0 Å². The fourth-order valence-electron chi connectivity index (χ4n) is 1.89. The highest BCUT2D eigenvalue weighted by atomic mass is 28.4. The molecule has 0 aromatic rings.